The maximum atomic E-state index is 14.4. The van der Waals surface area contributed by atoms with Gasteiger partial charge in [0.05, 0.1) is 18.4 Å². The Morgan fingerprint density at radius 1 is 1.33 bits per heavy atom. The molecular weight excluding hydrogens is 416 g/mol. The number of pyridine rings is 1. The number of carboxylic acid groups (broad SMARTS) is 1. The minimum absolute atomic E-state index is 0.00318. The Kier molecular flexibility index (Phi) is 6.22. The number of nitrogens with zero attached hydrogens (tertiary/aromatic N) is 3. The van der Waals surface area contributed by atoms with Crippen molar-refractivity contribution in [1.29, 1.82) is 0 Å². The summed E-state index contributed by atoms with van der Waals surface area (Å²) in [6.07, 6.45) is 3.62. The lowest BCUT2D eigenvalue weighted by molar-refractivity contribution is -0.134. The Bertz CT molecular complexity index is 1070. The van der Waals surface area contributed by atoms with Gasteiger partial charge in [-0.1, -0.05) is 20.8 Å². The van der Waals surface area contributed by atoms with Gasteiger partial charge in [0.25, 0.3) is 0 Å². The lowest BCUT2D eigenvalue weighted by Crippen LogP contribution is -2.41. The summed E-state index contributed by atoms with van der Waals surface area (Å²) in [5.41, 5.74) is 0.409. The number of rotatable bonds is 7. The number of carboxylic acids is 1. The SMILES string of the molecule is CC(C)(C)[C@H](C[S+]([O-])CC(=O)O)Nc1nc(-c2c[nH]c3ncc(F)cc23)ncc1F. The largest absolute Gasteiger partial charge is 0.616 e. The fourth-order valence-corrected chi connectivity index (χ4v) is 4.17. The highest BCUT2D eigenvalue weighted by atomic mass is 32.2. The van der Waals surface area contributed by atoms with Crippen molar-refractivity contribution in [2.75, 3.05) is 16.8 Å². The van der Waals surface area contributed by atoms with E-state index in [1.807, 2.05) is 20.8 Å². The molecule has 3 rings (SSSR count). The molecule has 3 heterocycles. The van der Waals surface area contributed by atoms with Crippen molar-refractivity contribution in [3.05, 3.63) is 36.3 Å². The number of nitrogens with one attached hydrogen (secondary N) is 2. The Labute approximate surface area is 174 Å². The van der Waals surface area contributed by atoms with E-state index < -0.39 is 46.0 Å². The maximum Gasteiger partial charge on any atom is 0.353 e. The molecule has 30 heavy (non-hydrogen) atoms. The molecule has 0 spiro atoms. The van der Waals surface area contributed by atoms with Crippen LogP contribution in [0.1, 0.15) is 20.8 Å². The van der Waals surface area contributed by atoms with Crippen LogP contribution in [0.2, 0.25) is 0 Å². The molecule has 0 radical (unpaired) electrons. The first-order valence-electron chi connectivity index (χ1n) is 9.03. The number of aromatic amines is 1. The molecule has 3 aromatic rings. The van der Waals surface area contributed by atoms with E-state index in [1.54, 1.807) is 6.20 Å². The van der Waals surface area contributed by atoms with Crippen LogP contribution in [0.15, 0.2) is 24.7 Å². The predicted molar refractivity (Wildman–Crippen MR) is 109 cm³/mol. The topological polar surface area (TPSA) is 127 Å². The quantitative estimate of drug-likeness (QED) is 0.485. The molecule has 2 atom stereocenters. The third-order valence-corrected chi connectivity index (χ3v) is 5.75. The number of anilines is 1. The van der Waals surface area contributed by atoms with E-state index in [2.05, 4.69) is 25.3 Å². The molecule has 0 bridgehead atoms. The summed E-state index contributed by atoms with van der Waals surface area (Å²) in [7, 11) is 0. The number of halogens is 2. The standard InChI is InChI=1S/C19H21F2N5O3S/c1-19(2,3)14(8-30(29)9-15(27)28)25-18-13(21)7-24-17(26-18)12-6-23-16-11(12)4-10(20)5-22-16/h4-7,14H,8-9H2,1-3H3,(H,22,23)(H,27,28)(H,24,25,26)/t14-,30?/m0/s1. The third-order valence-electron chi connectivity index (χ3n) is 4.48. The number of H-pyrrole nitrogens is 1. The second-order valence-electron chi connectivity index (χ2n) is 7.85. The lowest BCUT2D eigenvalue weighted by atomic mass is 9.88. The van der Waals surface area contributed by atoms with Crippen LogP contribution in [0.3, 0.4) is 0 Å². The van der Waals surface area contributed by atoms with E-state index in [0.717, 1.165) is 12.4 Å². The molecular formula is C19H21F2N5O3S. The number of carbonyl (C=O) groups is 1. The Hall–Kier alpha value is -2.79. The number of aliphatic carboxylic acids is 1. The number of hydrogen-bond donors (Lipinski definition) is 3. The van der Waals surface area contributed by atoms with Crippen LogP contribution in [0.4, 0.5) is 14.6 Å². The van der Waals surface area contributed by atoms with Gasteiger partial charge in [-0.3, -0.25) is 0 Å². The summed E-state index contributed by atoms with van der Waals surface area (Å²) < 4.78 is 40.2. The van der Waals surface area contributed by atoms with Crippen LogP contribution in [-0.2, 0) is 16.0 Å². The number of fused-ring (bicyclic) bond motifs is 1. The molecule has 0 saturated heterocycles. The monoisotopic (exact) mass is 437 g/mol. The minimum Gasteiger partial charge on any atom is -0.616 e. The van der Waals surface area contributed by atoms with Gasteiger partial charge in [-0.05, 0) is 22.7 Å². The van der Waals surface area contributed by atoms with Crippen molar-refractivity contribution < 1.29 is 23.2 Å². The summed E-state index contributed by atoms with van der Waals surface area (Å²) in [6, 6.07) is 0.748. The molecule has 160 valence electrons. The smallest absolute Gasteiger partial charge is 0.353 e. The zero-order valence-electron chi connectivity index (χ0n) is 16.6. The molecule has 0 amide bonds. The van der Waals surface area contributed by atoms with Crippen molar-refractivity contribution in [3.8, 4) is 11.4 Å². The number of hydrogen-bond acceptors (Lipinski definition) is 6. The first-order chi connectivity index (χ1) is 14.0. The van der Waals surface area contributed by atoms with E-state index in [-0.39, 0.29) is 17.4 Å². The van der Waals surface area contributed by atoms with Gasteiger partial charge in [-0.25, -0.2) is 28.5 Å². The molecule has 0 fully saturated rings. The van der Waals surface area contributed by atoms with Crippen molar-refractivity contribution >= 4 is 34.0 Å². The van der Waals surface area contributed by atoms with Crippen LogP contribution < -0.4 is 5.32 Å². The highest BCUT2D eigenvalue weighted by molar-refractivity contribution is 7.92. The summed E-state index contributed by atoms with van der Waals surface area (Å²) >= 11 is -1.65. The van der Waals surface area contributed by atoms with Gasteiger partial charge in [0.15, 0.2) is 17.5 Å². The number of aromatic nitrogens is 4. The van der Waals surface area contributed by atoms with E-state index in [0.29, 0.717) is 16.6 Å². The van der Waals surface area contributed by atoms with Gasteiger partial charge >= 0.3 is 5.97 Å². The molecule has 0 aliphatic carbocycles. The van der Waals surface area contributed by atoms with Gasteiger partial charge in [-0.15, -0.1) is 0 Å². The molecule has 1 unspecified atom stereocenters. The van der Waals surface area contributed by atoms with Gasteiger partial charge in [0, 0.05) is 17.1 Å². The van der Waals surface area contributed by atoms with Crippen LogP contribution in [0.5, 0.6) is 0 Å². The highest BCUT2D eigenvalue weighted by Crippen LogP contribution is 2.29. The van der Waals surface area contributed by atoms with Crippen molar-refractivity contribution in [2.24, 2.45) is 5.41 Å². The zero-order chi connectivity index (χ0) is 22.1. The highest BCUT2D eigenvalue weighted by Gasteiger charge is 2.31. The Morgan fingerprint density at radius 3 is 2.73 bits per heavy atom. The lowest BCUT2D eigenvalue weighted by Gasteiger charge is -2.31. The summed E-state index contributed by atoms with van der Waals surface area (Å²) in [4.78, 5) is 25.9. The Morgan fingerprint density at radius 2 is 2.07 bits per heavy atom. The minimum atomic E-state index is -1.65. The van der Waals surface area contributed by atoms with Crippen molar-refractivity contribution in [2.45, 2.75) is 26.8 Å². The van der Waals surface area contributed by atoms with Gasteiger partial charge in [-0.2, -0.15) is 0 Å². The fraction of sp³-hybridized carbons (Fsp3) is 0.368. The van der Waals surface area contributed by atoms with Gasteiger partial charge < -0.3 is 20.0 Å². The van der Waals surface area contributed by atoms with Crippen LogP contribution in [0, 0.1) is 17.0 Å². The predicted octanol–water partition coefficient (Wildman–Crippen LogP) is 2.96. The van der Waals surface area contributed by atoms with E-state index in [1.165, 1.54) is 6.07 Å². The van der Waals surface area contributed by atoms with Crippen LogP contribution in [0.25, 0.3) is 22.4 Å². The molecule has 3 aromatic heterocycles. The van der Waals surface area contributed by atoms with E-state index in [4.69, 9.17) is 5.11 Å². The van der Waals surface area contributed by atoms with Crippen molar-refractivity contribution in [3.63, 3.8) is 0 Å². The van der Waals surface area contributed by atoms with Gasteiger partial charge in [0.1, 0.15) is 17.2 Å². The summed E-state index contributed by atoms with van der Waals surface area (Å²) in [5, 5.41) is 12.2. The molecule has 0 aromatic carbocycles. The van der Waals surface area contributed by atoms with E-state index in [9.17, 15) is 18.1 Å². The van der Waals surface area contributed by atoms with Crippen molar-refractivity contribution in [1.82, 2.24) is 19.9 Å². The van der Waals surface area contributed by atoms with Crippen LogP contribution >= 0.6 is 0 Å². The molecule has 0 aliphatic rings. The average molecular weight is 437 g/mol. The Balaban J connectivity index is 1.93. The summed E-state index contributed by atoms with van der Waals surface area (Å²) in [6.45, 7) is 5.57. The molecule has 11 heteroatoms. The molecule has 8 nitrogen and oxygen atoms in total. The molecule has 0 aliphatic heterocycles. The third kappa shape index (κ3) is 5.03. The summed E-state index contributed by atoms with van der Waals surface area (Å²) in [5.74, 6) is -2.89. The fourth-order valence-electron chi connectivity index (χ4n) is 2.82. The zero-order valence-corrected chi connectivity index (χ0v) is 17.4. The second-order valence-corrected chi connectivity index (χ2v) is 9.35. The second kappa shape index (κ2) is 8.52. The normalized spacial score (nSPS) is 13.9. The average Bonchev–Trinajstić information content (AvgIpc) is 3.04. The molecule has 0 saturated carbocycles. The first kappa shape index (κ1) is 21.9. The van der Waals surface area contributed by atoms with Gasteiger partial charge in [0.2, 0.25) is 5.75 Å². The molecule has 3 N–H and O–H groups in total. The maximum absolute atomic E-state index is 14.4. The van der Waals surface area contributed by atoms with Crippen LogP contribution in [-0.4, -0.2) is 53.1 Å². The first-order valence-corrected chi connectivity index (χ1v) is 10.5. The van der Waals surface area contributed by atoms with E-state index >= 15 is 0 Å².